The summed E-state index contributed by atoms with van der Waals surface area (Å²) in [5.74, 6) is -0.878. The van der Waals surface area contributed by atoms with Gasteiger partial charge < -0.3 is 0 Å². The molecular formula is C13H12F6O. The fraction of sp³-hybridized carbons (Fsp3) is 0.462. The number of ketones is 1. The van der Waals surface area contributed by atoms with Crippen molar-refractivity contribution in [1.82, 2.24) is 0 Å². The Kier molecular flexibility index (Phi) is 4.51. The maximum Gasteiger partial charge on any atom is 0.416 e. The molecule has 0 bridgehead atoms. The van der Waals surface area contributed by atoms with E-state index in [0.29, 0.717) is 12.1 Å². The molecule has 0 aliphatic heterocycles. The SMILES string of the molecule is CC(C)C(=O)Cc1cc(C(F)(F)F)cc(C(F)(F)F)c1. The number of hydrogen-bond acceptors (Lipinski definition) is 1. The van der Waals surface area contributed by atoms with Crippen molar-refractivity contribution in [2.75, 3.05) is 0 Å². The highest BCUT2D eigenvalue weighted by Gasteiger charge is 2.37. The van der Waals surface area contributed by atoms with E-state index in [1.165, 1.54) is 13.8 Å². The lowest BCUT2D eigenvalue weighted by Crippen LogP contribution is -2.15. The first-order valence-electron chi connectivity index (χ1n) is 5.72. The minimum atomic E-state index is -4.89. The van der Waals surface area contributed by atoms with Gasteiger partial charge in [-0.25, -0.2) is 0 Å². The van der Waals surface area contributed by atoms with Crippen molar-refractivity contribution < 1.29 is 31.1 Å². The Labute approximate surface area is 111 Å². The monoisotopic (exact) mass is 298 g/mol. The average Bonchev–Trinajstić information content (AvgIpc) is 2.26. The van der Waals surface area contributed by atoms with Gasteiger partial charge in [-0.1, -0.05) is 13.8 Å². The third-order valence-electron chi connectivity index (χ3n) is 2.67. The number of alkyl halides is 6. The molecule has 0 N–H and O–H groups in total. The summed E-state index contributed by atoms with van der Waals surface area (Å²) < 4.78 is 75.5. The Morgan fingerprint density at radius 1 is 0.950 bits per heavy atom. The molecule has 0 saturated carbocycles. The van der Waals surface area contributed by atoms with Gasteiger partial charge in [-0.05, 0) is 23.8 Å². The standard InChI is InChI=1S/C13H12F6O/c1-7(2)11(20)5-8-3-9(12(14,15)16)6-10(4-8)13(17,18)19/h3-4,6-7H,5H2,1-2H3. The van der Waals surface area contributed by atoms with Gasteiger partial charge in [-0.15, -0.1) is 0 Å². The van der Waals surface area contributed by atoms with Gasteiger partial charge in [0.2, 0.25) is 0 Å². The van der Waals surface area contributed by atoms with Crippen LogP contribution in [0.2, 0.25) is 0 Å². The fourth-order valence-corrected chi connectivity index (χ4v) is 1.53. The summed E-state index contributed by atoms with van der Waals surface area (Å²) in [5, 5.41) is 0. The quantitative estimate of drug-likeness (QED) is 0.751. The van der Waals surface area contributed by atoms with Crippen molar-refractivity contribution in [2.24, 2.45) is 5.92 Å². The fourth-order valence-electron chi connectivity index (χ4n) is 1.53. The van der Waals surface area contributed by atoms with E-state index < -0.39 is 41.6 Å². The lowest BCUT2D eigenvalue weighted by Gasteiger charge is -2.14. The van der Waals surface area contributed by atoms with E-state index in [-0.39, 0.29) is 11.6 Å². The van der Waals surface area contributed by atoms with Crippen molar-refractivity contribution in [3.63, 3.8) is 0 Å². The highest BCUT2D eigenvalue weighted by Crippen LogP contribution is 2.36. The second-order valence-electron chi connectivity index (χ2n) is 4.71. The van der Waals surface area contributed by atoms with Gasteiger partial charge >= 0.3 is 12.4 Å². The average molecular weight is 298 g/mol. The van der Waals surface area contributed by atoms with Crippen LogP contribution in [0, 0.1) is 5.92 Å². The minimum Gasteiger partial charge on any atom is -0.299 e. The van der Waals surface area contributed by atoms with Crippen molar-refractivity contribution >= 4 is 5.78 Å². The van der Waals surface area contributed by atoms with Crippen LogP contribution in [-0.4, -0.2) is 5.78 Å². The Morgan fingerprint density at radius 2 is 1.35 bits per heavy atom. The van der Waals surface area contributed by atoms with Crippen LogP contribution < -0.4 is 0 Å². The molecule has 112 valence electrons. The molecule has 1 aromatic carbocycles. The van der Waals surface area contributed by atoms with Crippen LogP contribution in [-0.2, 0) is 23.6 Å². The third kappa shape index (κ3) is 4.25. The summed E-state index contributed by atoms with van der Waals surface area (Å²) in [6, 6.07) is 1.20. The van der Waals surface area contributed by atoms with Crippen LogP contribution in [0.1, 0.15) is 30.5 Å². The lowest BCUT2D eigenvalue weighted by molar-refractivity contribution is -0.143. The van der Waals surface area contributed by atoms with E-state index in [4.69, 9.17) is 0 Å². The number of carbonyl (C=O) groups excluding carboxylic acids is 1. The molecule has 0 fully saturated rings. The molecule has 0 heterocycles. The van der Waals surface area contributed by atoms with Crippen LogP contribution >= 0.6 is 0 Å². The topological polar surface area (TPSA) is 17.1 Å². The van der Waals surface area contributed by atoms with Crippen molar-refractivity contribution in [3.8, 4) is 0 Å². The molecule has 0 aliphatic carbocycles. The van der Waals surface area contributed by atoms with Crippen LogP contribution in [0.15, 0.2) is 18.2 Å². The summed E-state index contributed by atoms with van der Waals surface area (Å²) in [4.78, 5) is 11.5. The molecule has 7 heteroatoms. The summed E-state index contributed by atoms with van der Waals surface area (Å²) in [6.45, 7) is 3.06. The van der Waals surface area contributed by atoms with Crippen LogP contribution in [0.25, 0.3) is 0 Å². The van der Waals surface area contributed by atoms with Gasteiger partial charge in [0, 0.05) is 12.3 Å². The van der Waals surface area contributed by atoms with Crippen LogP contribution in [0.5, 0.6) is 0 Å². The first-order chi connectivity index (χ1) is 8.91. The molecule has 0 aromatic heterocycles. The normalized spacial score (nSPS) is 12.8. The van der Waals surface area contributed by atoms with Crippen molar-refractivity contribution in [3.05, 3.63) is 34.9 Å². The second-order valence-corrected chi connectivity index (χ2v) is 4.71. The number of benzene rings is 1. The van der Waals surface area contributed by atoms with Gasteiger partial charge in [-0.3, -0.25) is 4.79 Å². The highest BCUT2D eigenvalue weighted by atomic mass is 19.4. The third-order valence-corrected chi connectivity index (χ3v) is 2.67. The molecule has 0 spiro atoms. The minimum absolute atomic E-state index is 0.0450. The summed E-state index contributed by atoms with van der Waals surface area (Å²) >= 11 is 0. The van der Waals surface area contributed by atoms with E-state index in [2.05, 4.69) is 0 Å². The zero-order chi connectivity index (χ0) is 15.7. The molecule has 20 heavy (non-hydrogen) atoms. The first-order valence-corrected chi connectivity index (χ1v) is 5.72. The molecule has 0 aliphatic rings. The summed E-state index contributed by atoms with van der Waals surface area (Å²) in [5.41, 5.74) is -3.09. The van der Waals surface area contributed by atoms with Gasteiger partial charge in [0.05, 0.1) is 11.1 Å². The molecule has 0 atom stereocenters. The van der Waals surface area contributed by atoms with Gasteiger partial charge in [0.25, 0.3) is 0 Å². The Bertz CT molecular complexity index is 466. The summed E-state index contributed by atoms with van der Waals surface area (Å²) in [6.07, 6.45) is -10.2. The number of rotatable bonds is 3. The van der Waals surface area contributed by atoms with E-state index in [1.54, 1.807) is 0 Å². The maximum absolute atomic E-state index is 12.6. The molecule has 1 rings (SSSR count). The molecule has 0 radical (unpaired) electrons. The zero-order valence-corrected chi connectivity index (χ0v) is 10.7. The van der Waals surface area contributed by atoms with Gasteiger partial charge in [0.1, 0.15) is 5.78 Å². The molecule has 0 saturated heterocycles. The second kappa shape index (κ2) is 5.46. The molecule has 1 nitrogen and oxygen atoms in total. The molecule has 0 amide bonds. The van der Waals surface area contributed by atoms with E-state index in [9.17, 15) is 31.1 Å². The first kappa shape index (κ1) is 16.5. The number of halogens is 6. The van der Waals surface area contributed by atoms with Crippen LogP contribution in [0.3, 0.4) is 0 Å². The number of carbonyl (C=O) groups is 1. The Balaban J connectivity index is 3.28. The largest absolute Gasteiger partial charge is 0.416 e. The molecular weight excluding hydrogens is 286 g/mol. The Hall–Kier alpha value is -1.53. The predicted molar refractivity (Wildman–Crippen MR) is 60.0 cm³/mol. The van der Waals surface area contributed by atoms with Crippen molar-refractivity contribution in [2.45, 2.75) is 32.6 Å². The predicted octanol–water partition coefficient (Wildman–Crippen LogP) is 4.49. The van der Waals surface area contributed by atoms with E-state index in [1.807, 2.05) is 0 Å². The number of Topliss-reactive ketones (excluding diaryl/α,β-unsaturated/α-hetero) is 1. The highest BCUT2D eigenvalue weighted by molar-refractivity contribution is 5.82. The van der Waals surface area contributed by atoms with Crippen molar-refractivity contribution in [1.29, 1.82) is 0 Å². The Morgan fingerprint density at radius 3 is 1.65 bits per heavy atom. The number of hydrogen-bond donors (Lipinski definition) is 0. The van der Waals surface area contributed by atoms with Crippen LogP contribution in [0.4, 0.5) is 26.3 Å². The van der Waals surface area contributed by atoms with Gasteiger partial charge in [0.15, 0.2) is 0 Å². The van der Waals surface area contributed by atoms with Gasteiger partial charge in [-0.2, -0.15) is 26.3 Å². The molecule has 1 aromatic rings. The van der Waals surface area contributed by atoms with E-state index in [0.717, 1.165) is 0 Å². The molecule has 0 unspecified atom stereocenters. The zero-order valence-electron chi connectivity index (χ0n) is 10.7. The maximum atomic E-state index is 12.6. The van der Waals surface area contributed by atoms with E-state index >= 15 is 0 Å². The lowest BCUT2D eigenvalue weighted by atomic mass is 9.97. The smallest absolute Gasteiger partial charge is 0.299 e. The summed E-state index contributed by atoms with van der Waals surface area (Å²) in [7, 11) is 0.